The van der Waals surface area contributed by atoms with Gasteiger partial charge < -0.3 is 9.15 Å². The highest BCUT2D eigenvalue weighted by molar-refractivity contribution is 7.07. The van der Waals surface area contributed by atoms with Crippen molar-refractivity contribution in [2.45, 2.75) is 26.8 Å². The highest BCUT2D eigenvalue weighted by Gasteiger charge is 2.33. The second kappa shape index (κ2) is 7.67. The van der Waals surface area contributed by atoms with E-state index < -0.39 is 12.0 Å². The van der Waals surface area contributed by atoms with E-state index in [2.05, 4.69) is 4.99 Å². The molecule has 0 amide bonds. The number of aromatic nitrogens is 1. The minimum atomic E-state index is -0.593. The van der Waals surface area contributed by atoms with Crippen molar-refractivity contribution < 1.29 is 13.9 Å². The Bertz CT molecular complexity index is 1260. The van der Waals surface area contributed by atoms with Crippen LogP contribution in [0.1, 0.15) is 36.8 Å². The quantitative estimate of drug-likeness (QED) is 0.622. The summed E-state index contributed by atoms with van der Waals surface area (Å²) in [7, 11) is 0. The maximum atomic E-state index is 13.3. The number of aryl methyl sites for hydroxylation is 1. The van der Waals surface area contributed by atoms with Crippen molar-refractivity contribution in [3.63, 3.8) is 0 Å². The molecule has 1 aliphatic heterocycles. The molecule has 0 saturated carbocycles. The zero-order valence-corrected chi connectivity index (χ0v) is 17.2. The zero-order chi connectivity index (χ0) is 20.5. The molecule has 0 radical (unpaired) electrons. The van der Waals surface area contributed by atoms with E-state index in [-0.39, 0.29) is 12.2 Å². The first kappa shape index (κ1) is 19.1. The van der Waals surface area contributed by atoms with Crippen LogP contribution in [0.2, 0.25) is 0 Å². The van der Waals surface area contributed by atoms with Gasteiger partial charge in [0.25, 0.3) is 5.56 Å². The molecule has 4 rings (SSSR count). The average molecular weight is 408 g/mol. The zero-order valence-electron chi connectivity index (χ0n) is 16.3. The van der Waals surface area contributed by atoms with Crippen molar-refractivity contribution in [3.05, 3.63) is 90.5 Å². The fraction of sp³-hybridized carbons (Fsp3) is 0.227. The Morgan fingerprint density at radius 1 is 1.28 bits per heavy atom. The van der Waals surface area contributed by atoms with Gasteiger partial charge in [0, 0.05) is 6.08 Å². The average Bonchev–Trinajstić information content (AvgIpc) is 3.30. The van der Waals surface area contributed by atoms with Crippen molar-refractivity contribution in [1.29, 1.82) is 0 Å². The lowest BCUT2D eigenvalue weighted by Crippen LogP contribution is -2.39. The Balaban J connectivity index is 1.97. The summed E-state index contributed by atoms with van der Waals surface area (Å²) in [6, 6.07) is 10.7. The van der Waals surface area contributed by atoms with Crippen LogP contribution in [0, 0.1) is 6.92 Å². The Morgan fingerprint density at radius 3 is 2.69 bits per heavy atom. The normalized spacial score (nSPS) is 16.5. The van der Waals surface area contributed by atoms with Crippen LogP contribution in [0.5, 0.6) is 0 Å². The van der Waals surface area contributed by atoms with E-state index in [1.807, 2.05) is 31.2 Å². The molecule has 1 aliphatic rings. The molecule has 3 aromatic rings. The molecular formula is C22H20N2O4S. The number of benzene rings is 1. The van der Waals surface area contributed by atoms with Gasteiger partial charge in [0.2, 0.25) is 0 Å². The van der Waals surface area contributed by atoms with E-state index in [4.69, 9.17) is 9.15 Å². The minimum Gasteiger partial charge on any atom is -0.465 e. The molecule has 7 heteroatoms. The number of allylic oxidation sites excluding steroid dienone is 1. The summed E-state index contributed by atoms with van der Waals surface area (Å²) in [5.41, 5.74) is 2.65. The molecular weight excluding hydrogens is 388 g/mol. The number of nitrogens with zero attached hydrogens (tertiary/aromatic N) is 2. The van der Waals surface area contributed by atoms with Gasteiger partial charge in [-0.3, -0.25) is 9.36 Å². The largest absolute Gasteiger partial charge is 0.465 e. The van der Waals surface area contributed by atoms with Crippen LogP contribution >= 0.6 is 11.3 Å². The molecule has 1 aromatic carbocycles. The summed E-state index contributed by atoms with van der Waals surface area (Å²) in [6.45, 7) is 5.77. The maximum absolute atomic E-state index is 13.3. The summed E-state index contributed by atoms with van der Waals surface area (Å²) in [5.74, 6) is 0.128. The van der Waals surface area contributed by atoms with Crippen LogP contribution in [0.15, 0.2) is 68.1 Å². The van der Waals surface area contributed by atoms with Gasteiger partial charge in [0.15, 0.2) is 4.80 Å². The number of hydrogen-bond acceptors (Lipinski definition) is 6. The number of carbonyl (C=O) groups is 1. The molecule has 0 saturated heterocycles. The van der Waals surface area contributed by atoms with Crippen LogP contribution in [0.25, 0.3) is 6.08 Å². The molecule has 148 valence electrons. The molecule has 29 heavy (non-hydrogen) atoms. The lowest BCUT2D eigenvalue weighted by atomic mass is 9.95. The predicted molar refractivity (Wildman–Crippen MR) is 110 cm³/mol. The molecule has 0 fully saturated rings. The molecule has 6 nitrogen and oxygen atoms in total. The first-order chi connectivity index (χ1) is 14.0. The van der Waals surface area contributed by atoms with Crippen molar-refractivity contribution in [2.24, 2.45) is 4.99 Å². The first-order valence-electron chi connectivity index (χ1n) is 9.29. The fourth-order valence-electron chi connectivity index (χ4n) is 3.36. The van der Waals surface area contributed by atoms with Gasteiger partial charge in [0.1, 0.15) is 5.76 Å². The lowest BCUT2D eigenvalue weighted by Gasteiger charge is -2.24. The van der Waals surface area contributed by atoms with Crippen LogP contribution in [-0.2, 0) is 9.53 Å². The van der Waals surface area contributed by atoms with Gasteiger partial charge >= 0.3 is 5.97 Å². The smallest absolute Gasteiger partial charge is 0.338 e. The minimum absolute atomic E-state index is 0.218. The Labute approximate surface area is 171 Å². The Kier molecular flexibility index (Phi) is 5.07. The van der Waals surface area contributed by atoms with E-state index in [0.717, 1.165) is 11.1 Å². The summed E-state index contributed by atoms with van der Waals surface area (Å²) in [4.78, 5) is 31.1. The summed E-state index contributed by atoms with van der Waals surface area (Å²) in [5, 5.41) is 0. The molecule has 3 heterocycles. The first-order valence-corrected chi connectivity index (χ1v) is 10.1. The van der Waals surface area contributed by atoms with E-state index >= 15 is 0 Å². The van der Waals surface area contributed by atoms with Crippen LogP contribution < -0.4 is 14.9 Å². The third kappa shape index (κ3) is 3.49. The Hall–Kier alpha value is -3.19. The highest BCUT2D eigenvalue weighted by Crippen LogP contribution is 2.30. The molecule has 0 bridgehead atoms. The summed E-state index contributed by atoms with van der Waals surface area (Å²) >= 11 is 1.27. The molecule has 0 unspecified atom stereocenters. The topological polar surface area (TPSA) is 73.8 Å². The third-order valence-electron chi connectivity index (χ3n) is 4.73. The number of fused-ring (bicyclic) bond motifs is 1. The van der Waals surface area contributed by atoms with Gasteiger partial charge in [0.05, 0.1) is 34.7 Å². The Morgan fingerprint density at radius 2 is 2.03 bits per heavy atom. The van der Waals surface area contributed by atoms with Gasteiger partial charge in [-0.15, -0.1) is 0 Å². The molecule has 2 aromatic heterocycles. The molecule has 0 spiro atoms. The maximum Gasteiger partial charge on any atom is 0.338 e. The van der Waals surface area contributed by atoms with E-state index in [1.54, 1.807) is 42.9 Å². The van der Waals surface area contributed by atoms with Crippen molar-refractivity contribution in [3.8, 4) is 0 Å². The van der Waals surface area contributed by atoms with Crippen LogP contribution in [0.4, 0.5) is 0 Å². The monoisotopic (exact) mass is 408 g/mol. The van der Waals surface area contributed by atoms with E-state index in [0.29, 0.717) is 26.4 Å². The second-order valence-corrected chi connectivity index (χ2v) is 7.74. The van der Waals surface area contributed by atoms with Crippen LogP contribution in [-0.4, -0.2) is 17.1 Å². The molecule has 0 aliphatic carbocycles. The van der Waals surface area contributed by atoms with Crippen molar-refractivity contribution >= 4 is 23.4 Å². The third-order valence-corrected chi connectivity index (χ3v) is 5.71. The van der Waals surface area contributed by atoms with Gasteiger partial charge in [-0.05, 0) is 38.5 Å². The SMILES string of the molecule is CCOC(=O)C1=C(C)N=c2sc(=Cc3ccco3)c(=O)n2[C@@H]1c1ccc(C)cc1. The van der Waals surface area contributed by atoms with Crippen molar-refractivity contribution in [2.75, 3.05) is 6.61 Å². The molecule has 0 N–H and O–H groups in total. The van der Waals surface area contributed by atoms with Gasteiger partial charge in [-0.25, -0.2) is 9.79 Å². The number of rotatable bonds is 4. The second-order valence-electron chi connectivity index (χ2n) is 6.73. The highest BCUT2D eigenvalue weighted by atomic mass is 32.1. The fourth-order valence-corrected chi connectivity index (χ4v) is 4.38. The van der Waals surface area contributed by atoms with E-state index in [9.17, 15) is 9.59 Å². The number of furan rings is 1. The predicted octanol–water partition coefficient (Wildman–Crippen LogP) is 2.70. The lowest BCUT2D eigenvalue weighted by molar-refractivity contribution is -0.139. The number of esters is 1. The standard InChI is InChI=1S/C22H20N2O4S/c1-4-27-21(26)18-14(3)23-22-24(19(18)15-9-7-13(2)8-10-15)20(25)17(29-22)12-16-6-5-11-28-16/h5-12,19H,4H2,1-3H3/t19-/m1/s1. The van der Waals surface area contributed by atoms with Crippen LogP contribution in [0.3, 0.4) is 0 Å². The molecule has 1 atom stereocenters. The van der Waals surface area contributed by atoms with Crippen molar-refractivity contribution in [1.82, 2.24) is 4.57 Å². The summed E-state index contributed by atoms with van der Waals surface area (Å²) < 4.78 is 12.7. The van der Waals surface area contributed by atoms with Gasteiger partial charge in [-0.1, -0.05) is 41.2 Å². The summed E-state index contributed by atoms with van der Waals surface area (Å²) in [6.07, 6.45) is 3.25. The number of thiazole rings is 1. The van der Waals surface area contributed by atoms with E-state index in [1.165, 1.54) is 11.3 Å². The number of hydrogen-bond donors (Lipinski definition) is 0. The number of ether oxygens (including phenoxy) is 1. The number of carbonyl (C=O) groups excluding carboxylic acids is 1. The van der Waals surface area contributed by atoms with Gasteiger partial charge in [-0.2, -0.15) is 0 Å².